The quantitative estimate of drug-likeness (QED) is 0.535. The van der Waals surface area contributed by atoms with Gasteiger partial charge < -0.3 is 20.7 Å². The number of nitrogens with zero attached hydrogens (tertiary/aromatic N) is 2. The van der Waals surface area contributed by atoms with Crippen molar-refractivity contribution in [2.75, 3.05) is 12.3 Å². The van der Waals surface area contributed by atoms with Crippen LogP contribution in [0.15, 0.2) is 6.07 Å². The Morgan fingerprint density at radius 2 is 2.24 bits per heavy atom. The molecule has 0 aromatic carbocycles. The summed E-state index contributed by atoms with van der Waals surface area (Å²) in [5.74, 6) is 0.434. The normalized spacial score (nSPS) is 25.1. The zero-order valence-electron chi connectivity index (χ0n) is 9.08. The molecule has 1 atom stereocenters. The molecule has 0 amide bonds. The summed E-state index contributed by atoms with van der Waals surface area (Å²) < 4.78 is 5.23. The van der Waals surface area contributed by atoms with Crippen molar-refractivity contribution in [2.45, 2.75) is 19.1 Å². The summed E-state index contributed by atoms with van der Waals surface area (Å²) in [4.78, 5) is 7.49. The van der Waals surface area contributed by atoms with Crippen LogP contribution in [0.25, 0.3) is 0 Å². The van der Waals surface area contributed by atoms with Crippen molar-refractivity contribution in [1.82, 2.24) is 9.97 Å². The van der Waals surface area contributed by atoms with Gasteiger partial charge in [0, 0.05) is 18.6 Å². The van der Waals surface area contributed by atoms with Crippen LogP contribution in [0.2, 0.25) is 5.15 Å². The molecule has 1 aromatic heterocycles. The van der Waals surface area contributed by atoms with Gasteiger partial charge in [-0.25, -0.2) is 4.98 Å². The second kappa shape index (κ2) is 5.03. The Kier molecular flexibility index (Phi) is 3.66. The molecule has 17 heavy (non-hydrogen) atoms. The van der Waals surface area contributed by atoms with E-state index in [0.29, 0.717) is 0 Å². The van der Waals surface area contributed by atoms with Gasteiger partial charge in [-0.1, -0.05) is 11.6 Å². The molecular weight excluding hydrogens is 246 g/mol. The van der Waals surface area contributed by atoms with Gasteiger partial charge in [0.1, 0.15) is 5.15 Å². The molecule has 1 unspecified atom stereocenters. The van der Waals surface area contributed by atoms with Crippen molar-refractivity contribution in [3.63, 3.8) is 0 Å². The Balaban J connectivity index is 1.92. The molecule has 2 rings (SSSR count). The number of nitrogens with two attached hydrogens (primary N) is 1. The molecule has 1 heterocycles. The monoisotopic (exact) mass is 259 g/mol. The minimum Gasteiger partial charge on any atom is -0.448 e. The van der Waals surface area contributed by atoms with Gasteiger partial charge in [-0.15, -0.1) is 0 Å². The number of ether oxygens (including phenoxy) is 1. The predicted octanol–water partition coefficient (Wildman–Crippen LogP) is 0.428. The highest BCUT2D eigenvalue weighted by molar-refractivity contribution is 6.29. The summed E-state index contributed by atoms with van der Waals surface area (Å²) in [6.07, 6.45) is 0.529. The third-order valence-electron chi connectivity index (χ3n) is 2.86. The largest absolute Gasteiger partial charge is 0.448 e. The first-order valence-corrected chi connectivity index (χ1v) is 5.72. The molecule has 0 saturated heterocycles. The number of hydrogen-bond acceptors (Lipinski definition) is 6. The molecule has 94 valence electrons. The van der Waals surface area contributed by atoms with E-state index in [1.54, 1.807) is 0 Å². The smallest absolute Gasteiger partial charge is 0.224 e. The summed E-state index contributed by atoms with van der Waals surface area (Å²) in [6.45, 7) is 0.148. The number of aromatic nitrogens is 2. The zero-order chi connectivity index (χ0) is 12.4. The topological polar surface area (TPSA) is 101 Å². The van der Waals surface area contributed by atoms with E-state index in [1.165, 1.54) is 6.07 Å². The third kappa shape index (κ3) is 2.96. The molecule has 1 fully saturated rings. The van der Waals surface area contributed by atoms with E-state index in [4.69, 9.17) is 27.2 Å². The molecule has 0 spiro atoms. The molecule has 4 N–H and O–H groups in total. The van der Waals surface area contributed by atoms with Crippen molar-refractivity contribution >= 4 is 17.5 Å². The molecule has 0 radical (unpaired) electrons. The lowest BCUT2D eigenvalue weighted by atomic mass is 9.75. The molecule has 7 heteroatoms. The van der Waals surface area contributed by atoms with Crippen LogP contribution in [0.4, 0.5) is 5.95 Å². The van der Waals surface area contributed by atoms with Gasteiger partial charge in [-0.3, -0.25) is 0 Å². The summed E-state index contributed by atoms with van der Waals surface area (Å²) in [6, 6.07) is 1.39. The summed E-state index contributed by atoms with van der Waals surface area (Å²) in [7, 11) is 0. The SMILES string of the molecule is Nc1nc(Cl)cc(OC(O)C2CC(CO)C2)n1. The van der Waals surface area contributed by atoms with Gasteiger partial charge >= 0.3 is 0 Å². The standard InChI is InChI=1S/C10H14ClN3O3/c11-7-3-8(14-10(12)13-7)17-9(16)6-1-5(2-6)4-15/h3,5-6,9,15-16H,1-2,4H2,(H2,12,13,14). The summed E-state index contributed by atoms with van der Waals surface area (Å²) in [5.41, 5.74) is 5.40. The van der Waals surface area contributed by atoms with Gasteiger partial charge in [0.15, 0.2) is 0 Å². The van der Waals surface area contributed by atoms with E-state index >= 15 is 0 Å². The van der Waals surface area contributed by atoms with E-state index in [9.17, 15) is 5.11 Å². The van der Waals surface area contributed by atoms with E-state index < -0.39 is 6.29 Å². The lowest BCUT2D eigenvalue weighted by molar-refractivity contribution is -0.109. The number of hydrogen-bond donors (Lipinski definition) is 3. The van der Waals surface area contributed by atoms with Crippen molar-refractivity contribution in [3.8, 4) is 5.88 Å². The number of nitrogen functional groups attached to an aromatic ring is 1. The van der Waals surface area contributed by atoms with Crippen molar-refractivity contribution in [1.29, 1.82) is 0 Å². The van der Waals surface area contributed by atoms with Gasteiger partial charge in [-0.2, -0.15) is 4.98 Å². The van der Waals surface area contributed by atoms with Crippen LogP contribution in [-0.2, 0) is 0 Å². The predicted molar refractivity (Wildman–Crippen MR) is 61.4 cm³/mol. The van der Waals surface area contributed by atoms with E-state index in [2.05, 4.69) is 9.97 Å². The Labute approximate surface area is 103 Å². The van der Waals surface area contributed by atoms with Crippen LogP contribution in [-0.4, -0.2) is 33.1 Å². The highest BCUT2D eigenvalue weighted by atomic mass is 35.5. The summed E-state index contributed by atoms with van der Waals surface area (Å²) >= 11 is 5.68. The van der Waals surface area contributed by atoms with Crippen LogP contribution in [0, 0.1) is 11.8 Å². The van der Waals surface area contributed by atoms with Crippen molar-refractivity contribution < 1.29 is 14.9 Å². The number of halogens is 1. The minimum atomic E-state index is -0.955. The number of rotatable bonds is 4. The third-order valence-corrected chi connectivity index (χ3v) is 3.06. The minimum absolute atomic E-state index is 0.00143. The molecule has 1 aliphatic carbocycles. The van der Waals surface area contributed by atoms with Crippen LogP contribution in [0.1, 0.15) is 12.8 Å². The van der Waals surface area contributed by atoms with Gasteiger partial charge in [-0.05, 0) is 18.8 Å². The molecule has 1 saturated carbocycles. The summed E-state index contributed by atoms with van der Waals surface area (Å²) in [5, 5.41) is 18.8. The fourth-order valence-corrected chi connectivity index (χ4v) is 2.04. The Hall–Kier alpha value is -1.11. The highest BCUT2D eigenvalue weighted by Crippen LogP contribution is 2.36. The highest BCUT2D eigenvalue weighted by Gasteiger charge is 2.35. The lowest BCUT2D eigenvalue weighted by Crippen LogP contribution is -2.38. The zero-order valence-corrected chi connectivity index (χ0v) is 9.84. The Morgan fingerprint density at radius 1 is 1.53 bits per heavy atom. The maximum Gasteiger partial charge on any atom is 0.224 e. The van der Waals surface area contributed by atoms with Gasteiger partial charge in [0.2, 0.25) is 18.1 Å². The fourth-order valence-electron chi connectivity index (χ4n) is 1.86. The van der Waals surface area contributed by atoms with Crippen LogP contribution < -0.4 is 10.5 Å². The first kappa shape index (κ1) is 12.3. The second-order valence-corrected chi connectivity index (χ2v) is 4.56. The molecule has 1 aromatic rings. The molecule has 0 bridgehead atoms. The van der Waals surface area contributed by atoms with Crippen LogP contribution >= 0.6 is 11.6 Å². The molecule has 6 nitrogen and oxygen atoms in total. The van der Waals surface area contributed by atoms with Gasteiger partial charge in [0.25, 0.3) is 0 Å². The molecule has 1 aliphatic rings. The van der Waals surface area contributed by atoms with E-state index in [1.807, 2.05) is 0 Å². The number of anilines is 1. The molecular formula is C10H14ClN3O3. The number of aliphatic hydroxyl groups excluding tert-OH is 2. The Bertz CT molecular complexity index is 378. The first-order valence-electron chi connectivity index (χ1n) is 5.34. The first-order chi connectivity index (χ1) is 8.08. The maximum absolute atomic E-state index is 9.77. The average Bonchev–Trinajstić information content (AvgIpc) is 2.13. The second-order valence-electron chi connectivity index (χ2n) is 4.18. The fraction of sp³-hybridized carbons (Fsp3) is 0.600. The molecule has 0 aliphatic heterocycles. The van der Waals surface area contributed by atoms with Crippen molar-refractivity contribution in [2.24, 2.45) is 11.8 Å². The lowest BCUT2D eigenvalue weighted by Gasteiger charge is -2.36. The van der Waals surface area contributed by atoms with Crippen LogP contribution in [0.5, 0.6) is 5.88 Å². The van der Waals surface area contributed by atoms with E-state index in [0.717, 1.165) is 12.8 Å². The van der Waals surface area contributed by atoms with E-state index in [-0.39, 0.29) is 35.4 Å². The Morgan fingerprint density at radius 3 is 2.82 bits per heavy atom. The number of aliphatic hydroxyl groups is 2. The van der Waals surface area contributed by atoms with Crippen molar-refractivity contribution in [3.05, 3.63) is 11.2 Å². The van der Waals surface area contributed by atoms with Gasteiger partial charge in [0.05, 0.1) is 0 Å². The van der Waals surface area contributed by atoms with Crippen LogP contribution in [0.3, 0.4) is 0 Å². The maximum atomic E-state index is 9.77. The average molecular weight is 260 g/mol.